The highest BCUT2D eigenvalue weighted by Gasteiger charge is 2.46. The molecule has 0 aromatic heterocycles. The fraction of sp³-hybridized carbons (Fsp3) is 0.581. The van der Waals surface area contributed by atoms with E-state index in [1.54, 1.807) is 13.1 Å². The highest BCUT2D eigenvalue weighted by atomic mass is 16.4. The molecule has 0 fully saturated rings. The van der Waals surface area contributed by atoms with Crippen molar-refractivity contribution in [2.45, 2.75) is 80.4 Å². The molecule has 2 amide bonds. The van der Waals surface area contributed by atoms with Crippen molar-refractivity contribution >= 4 is 29.0 Å². The summed E-state index contributed by atoms with van der Waals surface area (Å²) in [5.74, 6) is -1.69. The number of para-hydroxylation sites is 1. The summed E-state index contributed by atoms with van der Waals surface area (Å²) in [4.78, 5) is 38.8. The average molecular weight is 542 g/mol. The highest BCUT2D eigenvalue weighted by molar-refractivity contribution is 5.94. The molecule has 2 rings (SSSR count). The van der Waals surface area contributed by atoms with E-state index >= 15 is 0 Å². The lowest BCUT2D eigenvalue weighted by atomic mass is 9.74. The van der Waals surface area contributed by atoms with E-state index in [9.17, 15) is 19.5 Å². The molecule has 4 atom stereocenters. The first-order chi connectivity index (χ1) is 17.9. The predicted molar refractivity (Wildman–Crippen MR) is 159 cm³/mol. The van der Waals surface area contributed by atoms with Crippen LogP contribution in [0.5, 0.6) is 0 Å². The van der Waals surface area contributed by atoms with Crippen molar-refractivity contribution in [3.63, 3.8) is 0 Å². The first-order valence-electron chi connectivity index (χ1n) is 13.8. The number of hydrogen-bond donors (Lipinski definition) is 4. The largest absolute Gasteiger partial charge is 0.478 e. The molecule has 0 radical (unpaired) electrons. The van der Waals surface area contributed by atoms with Gasteiger partial charge < -0.3 is 21.1 Å². The minimum Gasteiger partial charge on any atom is -0.478 e. The Balaban J connectivity index is 2.40. The number of carbonyl (C=O) groups is 3. The minimum absolute atomic E-state index is 0.0380. The second-order valence-corrected chi connectivity index (χ2v) is 12.8. The number of rotatable bonds is 11. The third-order valence-electron chi connectivity index (χ3n) is 7.99. The van der Waals surface area contributed by atoms with Gasteiger partial charge in [0, 0.05) is 28.2 Å². The number of likely N-dealkylation sites (N-methyl/N-ethyl adjacent to an activating group) is 1. The van der Waals surface area contributed by atoms with Gasteiger partial charge in [0.15, 0.2) is 0 Å². The maximum atomic E-state index is 13.9. The van der Waals surface area contributed by atoms with Gasteiger partial charge in [0.25, 0.3) is 0 Å². The van der Waals surface area contributed by atoms with Crippen molar-refractivity contribution in [1.29, 1.82) is 0 Å². The van der Waals surface area contributed by atoms with Crippen molar-refractivity contribution < 1.29 is 19.5 Å². The standard InChI is InChI=1S/C31H48N4O4/c1-12-35(11)18-22(21-15-13-14-16-24(21)35)31(8,9)26(32-10)28(37)34-25(30(5,6)7)27(36)33-23(19(2)3)17-20(4)29(38)39/h13-19,23,25-26,32H,12H2,1-11H3,(H2-,33,34,36,37,38,39)/p+1/b20-17+/t23-,25-,26-,35?/m1/s1. The van der Waals surface area contributed by atoms with Crippen LogP contribution < -0.4 is 20.4 Å². The molecule has 0 bridgehead atoms. The topological polar surface area (TPSA) is 108 Å². The highest BCUT2D eigenvalue weighted by Crippen LogP contribution is 2.48. The Kier molecular flexibility index (Phi) is 9.96. The zero-order valence-corrected chi connectivity index (χ0v) is 25.6. The number of nitrogens with zero attached hydrogens (tertiary/aromatic N) is 1. The second kappa shape index (κ2) is 12.0. The molecule has 0 spiro atoms. The zero-order chi connectivity index (χ0) is 29.9. The number of quaternary nitrogens is 1. The fourth-order valence-corrected chi connectivity index (χ4v) is 5.21. The van der Waals surface area contributed by atoms with Crippen LogP contribution in [0.15, 0.2) is 42.1 Å². The normalized spacial score (nSPS) is 20.1. The number of aliphatic carboxylic acids is 1. The summed E-state index contributed by atoms with van der Waals surface area (Å²) in [5.41, 5.74) is 2.39. The maximum absolute atomic E-state index is 13.9. The number of carbonyl (C=O) groups excluding carboxylic acids is 2. The zero-order valence-electron chi connectivity index (χ0n) is 25.6. The van der Waals surface area contributed by atoms with Crippen LogP contribution in [0.2, 0.25) is 0 Å². The van der Waals surface area contributed by atoms with Gasteiger partial charge in [-0.1, -0.05) is 66.7 Å². The van der Waals surface area contributed by atoms with Gasteiger partial charge in [0.2, 0.25) is 11.8 Å². The van der Waals surface area contributed by atoms with Crippen molar-refractivity contribution in [3.05, 3.63) is 47.7 Å². The summed E-state index contributed by atoms with van der Waals surface area (Å²) in [6.07, 6.45) is 3.79. The molecule has 216 valence electrons. The smallest absolute Gasteiger partial charge is 0.331 e. The first-order valence-corrected chi connectivity index (χ1v) is 13.8. The van der Waals surface area contributed by atoms with Crippen LogP contribution in [0.3, 0.4) is 0 Å². The van der Waals surface area contributed by atoms with E-state index < -0.39 is 34.9 Å². The summed E-state index contributed by atoms with van der Waals surface area (Å²) >= 11 is 0. The molecule has 1 aromatic carbocycles. The number of benzene rings is 1. The predicted octanol–water partition coefficient (Wildman–Crippen LogP) is 4.31. The third kappa shape index (κ3) is 6.97. The molecule has 8 nitrogen and oxygen atoms in total. The van der Waals surface area contributed by atoms with Gasteiger partial charge in [-0.3, -0.25) is 14.1 Å². The van der Waals surface area contributed by atoms with Gasteiger partial charge in [0.05, 0.1) is 25.7 Å². The van der Waals surface area contributed by atoms with Crippen LogP contribution in [0.1, 0.15) is 67.9 Å². The van der Waals surface area contributed by atoms with E-state index in [1.165, 1.54) is 12.6 Å². The van der Waals surface area contributed by atoms with E-state index in [0.29, 0.717) is 4.48 Å². The number of hydrogen-bond acceptors (Lipinski definition) is 4. The summed E-state index contributed by atoms with van der Waals surface area (Å²) in [5, 5.41) is 18.5. The Labute approximate surface area is 234 Å². The molecule has 0 aliphatic carbocycles. The summed E-state index contributed by atoms with van der Waals surface area (Å²) in [6.45, 7) is 18.2. The molecule has 0 saturated heterocycles. The molecule has 39 heavy (non-hydrogen) atoms. The van der Waals surface area contributed by atoms with Crippen LogP contribution in [0.4, 0.5) is 5.69 Å². The van der Waals surface area contributed by atoms with E-state index in [4.69, 9.17) is 0 Å². The lowest BCUT2D eigenvalue weighted by molar-refractivity contribution is -0.134. The summed E-state index contributed by atoms with van der Waals surface area (Å²) in [6, 6.07) is 6.37. The van der Waals surface area contributed by atoms with Gasteiger partial charge in [-0.15, -0.1) is 0 Å². The van der Waals surface area contributed by atoms with E-state index in [-0.39, 0.29) is 23.3 Å². The minimum atomic E-state index is -1.03. The summed E-state index contributed by atoms with van der Waals surface area (Å²) in [7, 11) is 3.93. The van der Waals surface area contributed by atoms with E-state index in [2.05, 4.69) is 62.1 Å². The molecule has 1 heterocycles. The van der Waals surface area contributed by atoms with Crippen molar-refractivity contribution in [1.82, 2.24) is 20.4 Å². The third-order valence-corrected chi connectivity index (χ3v) is 7.99. The van der Waals surface area contributed by atoms with Gasteiger partial charge in [-0.2, -0.15) is 0 Å². The first kappa shape index (κ1) is 32.2. The monoisotopic (exact) mass is 541 g/mol. The molecule has 4 N–H and O–H groups in total. The van der Waals surface area contributed by atoms with Gasteiger partial charge in [-0.05, 0) is 38.3 Å². The number of nitrogens with one attached hydrogen (secondary N) is 3. The van der Waals surface area contributed by atoms with E-state index in [0.717, 1.165) is 17.7 Å². The molecule has 8 heteroatoms. The molecule has 1 aromatic rings. The molecule has 1 unspecified atom stereocenters. The Morgan fingerprint density at radius 3 is 2.05 bits per heavy atom. The quantitative estimate of drug-likeness (QED) is 0.247. The molecule has 0 saturated carbocycles. The average Bonchev–Trinajstić information content (AvgIpc) is 3.15. The van der Waals surface area contributed by atoms with Crippen molar-refractivity contribution in [2.24, 2.45) is 16.7 Å². The van der Waals surface area contributed by atoms with Gasteiger partial charge in [-0.25, -0.2) is 4.79 Å². The number of fused-ring (bicyclic) bond motifs is 1. The second-order valence-electron chi connectivity index (χ2n) is 12.8. The summed E-state index contributed by atoms with van der Waals surface area (Å²) < 4.78 is 0.653. The Hall–Kier alpha value is -2.97. The van der Waals surface area contributed by atoms with Crippen LogP contribution in [0.25, 0.3) is 5.57 Å². The van der Waals surface area contributed by atoms with Crippen LogP contribution in [-0.4, -0.2) is 61.7 Å². The van der Waals surface area contributed by atoms with Crippen molar-refractivity contribution in [2.75, 3.05) is 20.6 Å². The lowest BCUT2D eigenvalue weighted by Gasteiger charge is -2.37. The van der Waals surface area contributed by atoms with Crippen LogP contribution >= 0.6 is 0 Å². The van der Waals surface area contributed by atoms with Crippen LogP contribution in [0, 0.1) is 16.7 Å². The molecule has 1 aliphatic heterocycles. The fourth-order valence-electron chi connectivity index (χ4n) is 5.21. The van der Waals surface area contributed by atoms with Crippen molar-refractivity contribution in [3.8, 4) is 0 Å². The molecular weight excluding hydrogens is 492 g/mol. The lowest BCUT2D eigenvalue weighted by Crippen LogP contribution is -2.61. The Bertz CT molecular complexity index is 1150. The number of amides is 2. The number of carboxylic acids is 1. The van der Waals surface area contributed by atoms with Gasteiger partial charge in [0.1, 0.15) is 17.9 Å². The van der Waals surface area contributed by atoms with Crippen LogP contribution in [-0.2, 0) is 14.4 Å². The number of carboxylic acid groups (broad SMARTS) is 1. The maximum Gasteiger partial charge on any atom is 0.331 e. The molecular formula is C31H49N4O4+. The van der Waals surface area contributed by atoms with Gasteiger partial charge >= 0.3 is 5.97 Å². The van der Waals surface area contributed by atoms with E-state index in [1.807, 2.05) is 46.8 Å². The Morgan fingerprint density at radius 2 is 1.56 bits per heavy atom. The SMILES string of the molecule is CC[N+]1(C)C=C(C(C)(C)[C@H](NC)C(=O)N[C@H](C(=O)N[C@H](/C=C(\C)C(=O)O)C(C)C)C(C)(C)C)c2ccccc21. The Morgan fingerprint density at radius 1 is 1.00 bits per heavy atom. The molecule has 1 aliphatic rings.